The standard InChI is InChI=1S/C5H7O.C2H8Si/c1-4-5(2,3)6;1-3-2/h1H,2-3H3;3H2,1-2H3. The van der Waals surface area contributed by atoms with E-state index in [2.05, 4.69) is 13.1 Å². The molecule has 0 aromatic rings. The van der Waals surface area contributed by atoms with Gasteiger partial charge in [-0.1, -0.05) is 19.0 Å². The molecule has 0 saturated carbocycles. The largest absolute Gasteiger partial charge is 0.216 e. The Bertz CT molecular complexity index is 86.1. The highest BCUT2D eigenvalue weighted by atomic mass is 28.2. The number of terminal acetylenes is 1. The fourth-order valence-corrected chi connectivity index (χ4v) is 0. The van der Waals surface area contributed by atoms with Gasteiger partial charge in [0.05, 0.1) is 0 Å². The summed E-state index contributed by atoms with van der Waals surface area (Å²) in [5.74, 6) is 2.05. The van der Waals surface area contributed by atoms with Crippen molar-refractivity contribution in [1.29, 1.82) is 0 Å². The summed E-state index contributed by atoms with van der Waals surface area (Å²) in [6, 6.07) is 0. The minimum atomic E-state index is -1.18. The molecule has 0 N–H and O–H groups in total. The summed E-state index contributed by atoms with van der Waals surface area (Å²) in [5, 5.41) is 10.2. The van der Waals surface area contributed by atoms with Crippen LogP contribution < -0.4 is 0 Å². The fraction of sp³-hybridized carbons (Fsp3) is 0.714. The molecule has 0 rings (SSSR count). The Labute approximate surface area is 60.3 Å². The summed E-state index contributed by atoms with van der Waals surface area (Å²) in [7, 11) is 0.417. The van der Waals surface area contributed by atoms with Crippen molar-refractivity contribution in [1.82, 2.24) is 0 Å². The molecule has 0 spiro atoms. The Morgan fingerprint density at radius 2 is 1.56 bits per heavy atom. The monoisotopic (exact) mass is 143 g/mol. The summed E-state index contributed by atoms with van der Waals surface area (Å²) in [6.07, 6.45) is 4.74. The predicted molar refractivity (Wildman–Crippen MR) is 43.9 cm³/mol. The third kappa shape index (κ3) is 34.0. The molecule has 0 aliphatic carbocycles. The van der Waals surface area contributed by atoms with E-state index in [-0.39, 0.29) is 0 Å². The molecule has 0 amide bonds. The normalized spacial score (nSPS) is 8.89. The maximum absolute atomic E-state index is 10.2. The van der Waals surface area contributed by atoms with Gasteiger partial charge in [0.15, 0.2) is 5.60 Å². The molecule has 53 valence electrons. The average Bonchev–Trinajstić information content (AvgIpc) is 1.67. The Hall–Kier alpha value is -0.263. The van der Waals surface area contributed by atoms with E-state index in [1.54, 1.807) is 0 Å². The van der Waals surface area contributed by atoms with Crippen LogP contribution in [0.2, 0.25) is 13.1 Å². The van der Waals surface area contributed by atoms with Gasteiger partial charge in [0.25, 0.3) is 0 Å². The van der Waals surface area contributed by atoms with Crippen LogP contribution in [0.25, 0.3) is 0 Å². The molecular formula is C7H15OSi. The van der Waals surface area contributed by atoms with Crippen LogP contribution in [0.15, 0.2) is 0 Å². The summed E-state index contributed by atoms with van der Waals surface area (Å²) >= 11 is 0. The van der Waals surface area contributed by atoms with E-state index in [9.17, 15) is 5.11 Å². The summed E-state index contributed by atoms with van der Waals surface area (Å²) in [5.41, 5.74) is -1.18. The molecule has 0 aromatic heterocycles. The van der Waals surface area contributed by atoms with Crippen LogP contribution in [0, 0.1) is 12.3 Å². The minimum absolute atomic E-state index is 0.417. The Morgan fingerprint density at radius 1 is 1.44 bits per heavy atom. The first kappa shape index (κ1) is 11.5. The van der Waals surface area contributed by atoms with E-state index >= 15 is 0 Å². The first-order chi connectivity index (χ1) is 3.97. The van der Waals surface area contributed by atoms with E-state index in [0.29, 0.717) is 9.52 Å². The molecule has 1 nitrogen and oxygen atoms in total. The van der Waals surface area contributed by atoms with Gasteiger partial charge in [-0.15, -0.1) is 6.42 Å². The predicted octanol–water partition coefficient (Wildman–Crippen LogP) is 1.08. The zero-order valence-electron chi connectivity index (χ0n) is 6.69. The number of hydrogen-bond acceptors (Lipinski definition) is 0. The van der Waals surface area contributed by atoms with Gasteiger partial charge in [-0.25, -0.2) is 5.11 Å². The highest BCUT2D eigenvalue weighted by Gasteiger charge is 2.06. The maximum Gasteiger partial charge on any atom is 0.158 e. The highest BCUT2D eigenvalue weighted by molar-refractivity contribution is 6.31. The molecule has 0 heterocycles. The lowest BCUT2D eigenvalue weighted by molar-refractivity contribution is 0.0582. The van der Waals surface area contributed by atoms with E-state index in [0.717, 1.165) is 0 Å². The third-order valence-electron chi connectivity index (χ3n) is 0.348. The fourth-order valence-electron chi connectivity index (χ4n) is 0. The van der Waals surface area contributed by atoms with Gasteiger partial charge >= 0.3 is 0 Å². The SMILES string of the molecule is C#CC(C)(C)[O].C[SiH2]C. The van der Waals surface area contributed by atoms with Crippen LogP contribution in [-0.2, 0) is 5.11 Å². The lowest BCUT2D eigenvalue weighted by Crippen LogP contribution is -2.11. The van der Waals surface area contributed by atoms with Crippen LogP contribution in [0.3, 0.4) is 0 Å². The van der Waals surface area contributed by atoms with Gasteiger partial charge in [0.2, 0.25) is 0 Å². The Kier molecular flexibility index (Phi) is 7.51. The number of rotatable bonds is 0. The van der Waals surface area contributed by atoms with Crippen molar-refractivity contribution >= 4 is 9.52 Å². The molecule has 0 bridgehead atoms. The molecular weight excluding hydrogens is 128 g/mol. The van der Waals surface area contributed by atoms with Crippen LogP contribution >= 0.6 is 0 Å². The van der Waals surface area contributed by atoms with Gasteiger partial charge in [-0.05, 0) is 13.8 Å². The zero-order valence-corrected chi connectivity index (χ0v) is 8.11. The van der Waals surface area contributed by atoms with E-state index in [4.69, 9.17) is 6.42 Å². The molecule has 9 heavy (non-hydrogen) atoms. The van der Waals surface area contributed by atoms with E-state index in [1.165, 1.54) is 13.8 Å². The van der Waals surface area contributed by atoms with Crippen LogP contribution in [0.1, 0.15) is 13.8 Å². The van der Waals surface area contributed by atoms with Crippen molar-refractivity contribution < 1.29 is 5.11 Å². The molecule has 1 radical (unpaired) electrons. The first-order valence-corrected chi connectivity index (χ1v) is 5.99. The summed E-state index contributed by atoms with van der Waals surface area (Å²) in [6.45, 7) is 7.43. The Balaban J connectivity index is 0. The van der Waals surface area contributed by atoms with Gasteiger partial charge in [-0.3, -0.25) is 0 Å². The van der Waals surface area contributed by atoms with E-state index < -0.39 is 5.60 Å². The molecule has 2 heteroatoms. The van der Waals surface area contributed by atoms with E-state index in [1.807, 2.05) is 5.92 Å². The van der Waals surface area contributed by atoms with Crippen LogP contribution in [-0.4, -0.2) is 15.1 Å². The maximum atomic E-state index is 10.2. The number of hydrogen-bond donors (Lipinski definition) is 0. The van der Waals surface area contributed by atoms with Crippen molar-refractivity contribution in [2.75, 3.05) is 0 Å². The molecule has 0 fully saturated rings. The highest BCUT2D eigenvalue weighted by Crippen LogP contribution is 1.95. The molecule has 0 aliphatic rings. The van der Waals surface area contributed by atoms with Crippen molar-refractivity contribution in [3.8, 4) is 12.3 Å². The van der Waals surface area contributed by atoms with Gasteiger partial charge in [0.1, 0.15) is 0 Å². The molecule has 0 saturated heterocycles. The van der Waals surface area contributed by atoms with Crippen molar-refractivity contribution in [2.45, 2.75) is 32.5 Å². The van der Waals surface area contributed by atoms with Gasteiger partial charge < -0.3 is 0 Å². The molecule has 0 atom stereocenters. The van der Waals surface area contributed by atoms with Crippen LogP contribution in [0.5, 0.6) is 0 Å². The van der Waals surface area contributed by atoms with Gasteiger partial charge in [-0.2, -0.15) is 0 Å². The average molecular weight is 143 g/mol. The lowest BCUT2D eigenvalue weighted by atomic mass is 10.2. The summed E-state index contributed by atoms with van der Waals surface area (Å²) in [4.78, 5) is 0. The second-order valence-electron chi connectivity index (χ2n) is 2.36. The quantitative estimate of drug-likeness (QED) is 0.357. The Morgan fingerprint density at radius 3 is 1.56 bits per heavy atom. The van der Waals surface area contributed by atoms with Crippen molar-refractivity contribution in [3.63, 3.8) is 0 Å². The molecule has 0 unspecified atom stereocenters. The molecule has 0 aliphatic heterocycles. The molecule has 0 aromatic carbocycles. The summed E-state index contributed by atoms with van der Waals surface area (Å²) < 4.78 is 0. The third-order valence-corrected chi connectivity index (χ3v) is 0.348. The second-order valence-corrected chi connectivity index (χ2v) is 3.78. The van der Waals surface area contributed by atoms with Gasteiger partial charge in [0, 0.05) is 9.52 Å². The smallest absolute Gasteiger partial charge is 0.158 e. The lowest BCUT2D eigenvalue weighted by Gasteiger charge is -1.99. The zero-order chi connectivity index (χ0) is 7.91. The topological polar surface area (TPSA) is 19.9 Å². The van der Waals surface area contributed by atoms with Crippen molar-refractivity contribution in [3.05, 3.63) is 0 Å². The second kappa shape index (κ2) is 5.87. The minimum Gasteiger partial charge on any atom is -0.216 e. The van der Waals surface area contributed by atoms with Crippen LogP contribution in [0.4, 0.5) is 0 Å². The van der Waals surface area contributed by atoms with Crippen molar-refractivity contribution in [2.24, 2.45) is 0 Å². The first-order valence-electron chi connectivity index (χ1n) is 3.16.